The van der Waals surface area contributed by atoms with Crippen LogP contribution in [0.3, 0.4) is 0 Å². The van der Waals surface area contributed by atoms with E-state index in [0.29, 0.717) is 16.6 Å². The van der Waals surface area contributed by atoms with Gasteiger partial charge < -0.3 is 10.1 Å². The average molecular weight is 508 g/mol. The number of aromatic nitrogens is 4. The lowest BCUT2D eigenvalue weighted by Gasteiger charge is -2.18. The molecule has 36 heavy (non-hydrogen) atoms. The maximum Gasteiger partial charge on any atom is 0.343 e. The Bertz CT molecular complexity index is 1530. The molecule has 9 nitrogen and oxygen atoms in total. The monoisotopic (exact) mass is 507 g/mol. The number of benzene rings is 1. The molecule has 1 unspecified atom stereocenters. The molecule has 3 aromatic heterocycles. The number of esters is 1. The summed E-state index contributed by atoms with van der Waals surface area (Å²) in [6, 6.07) is 5.29. The molecule has 1 aromatic carbocycles. The molecular weight excluding hydrogens is 478 g/mol. The van der Waals surface area contributed by atoms with Crippen molar-refractivity contribution < 1.29 is 14.3 Å². The Morgan fingerprint density at radius 3 is 2.58 bits per heavy atom. The predicted octanol–water partition coefficient (Wildman–Crippen LogP) is 4.55. The molecule has 0 spiro atoms. The van der Waals surface area contributed by atoms with E-state index in [-0.39, 0.29) is 23.5 Å². The highest BCUT2D eigenvalue weighted by atomic mass is 32.1. The van der Waals surface area contributed by atoms with Crippen LogP contribution in [0.15, 0.2) is 35.5 Å². The van der Waals surface area contributed by atoms with Crippen molar-refractivity contribution in [1.29, 1.82) is 0 Å². The molecule has 4 rings (SSSR count). The van der Waals surface area contributed by atoms with Crippen LogP contribution >= 0.6 is 11.3 Å². The number of nitrogens with zero attached hydrogens (tertiary/aromatic N) is 4. The fourth-order valence-corrected chi connectivity index (χ4v) is 5.24. The summed E-state index contributed by atoms with van der Waals surface area (Å²) in [5.74, 6) is -0.822. The normalized spacial score (nSPS) is 12.1. The minimum atomic E-state index is -0.841. The standard InChI is InChI=1S/C26H29N5O4S/c1-7-19(23(32)29-22-18(12-28-30(22)6)26(34)35-8-2)31-13-27-24-21(25(31)33)20(16(5)36-24)17-10-9-14(3)15(4)11-17/h9-13,19H,7-8H2,1-6H3,(H,29,32). The molecule has 1 amide bonds. The Morgan fingerprint density at radius 2 is 1.92 bits per heavy atom. The first-order chi connectivity index (χ1) is 17.2. The SMILES string of the molecule is CCOC(=O)c1cnn(C)c1NC(=O)C(CC)n1cnc2sc(C)c(-c3ccc(C)c(C)c3)c2c1=O. The zero-order chi connectivity index (χ0) is 26.1. The van der Waals surface area contributed by atoms with E-state index < -0.39 is 17.9 Å². The summed E-state index contributed by atoms with van der Waals surface area (Å²) >= 11 is 1.46. The molecule has 4 aromatic rings. The fourth-order valence-electron chi connectivity index (χ4n) is 4.23. The molecule has 1 atom stereocenters. The second-order valence-corrected chi connectivity index (χ2v) is 9.84. The second-order valence-electron chi connectivity index (χ2n) is 8.63. The number of thiophene rings is 1. The van der Waals surface area contributed by atoms with Gasteiger partial charge in [-0.3, -0.25) is 18.8 Å². The molecular formula is C26H29N5O4S. The maximum atomic E-state index is 13.8. The molecule has 0 aliphatic rings. The van der Waals surface area contributed by atoms with Gasteiger partial charge in [-0.15, -0.1) is 11.3 Å². The first-order valence-corrected chi connectivity index (χ1v) is 12.6. The van der Waals surface area contributed by atoms with Gasteiger partial charge in [0, 0.05) is 17.5 Å². The molecule has 0 saturated heterocycles. The van der Waals surface area contributed by atoms with Gasteiger partial charge in [0.05, 0.1) is 24.5 Å². The topological polar surface area (TPSA) is 108 Å². The number of nitrogens with one attached hydrogen (secondary N) is 1. The molecule has 10 heteroatoms. The number of anilines is 1. The quantitative estimate of drug-likeness (QED) is 0.368. The minimum absolute atomic E-state index is 0.147. The zero-order valence-electron chi connectivity index (χ0n) is 21.2. The summed E-state index contributed by atoms with van der Waals surface area (Å²) in [6.07, 6.45) is 3.11. The van der Waals surface area contributed by atoms with Crippen LogP contribution in [0.25, 0.3) is 21.3 Å². The first kappa shape index (κ1) is 25.3. The number of carbonyl (C=O) groups is 2. The van der Waals surface area contributed by atoms with Crippen molar-refractivity contribution in [3.63, 3.8) is 0 Å². The zero-order valence-corrected chi connectivity index (χ0v) is 22.0. The van der Waals surface area contributed by atoms with E-state index in [4.69, 9.17) is 4.74 Å². The van der Waals surface area contributed by atoms with Gasteiger partial charge in [0.25, 0.3) is 5.56 Å². The van der Waals surface area contributed by atoms with Crippen LogP contribution in [0.2, 0.25) is 0 Å². The summed E-state index contributed by atoms with van der Waals surface area (Å²) in [7, 11) is 1.61. The largest absolute Gasteiger partial charge is 0.462 e. The van der Waals surface area contributed by atoms with E-state index in [1.807, 2.05) is 39.8 Å². The summed E-state index contributed by atoms with van der Waals surface area (Å²) in [6.45, 7) is 9.78. The predicted molar refractivity (Wildman–Crippen MR) is 141 cm³/mol. The maximum absolute atomic E-state index is 13.8. The van der Waals surface area contributed by atoms with Crippen LogP contribution in [-0.4, -0.2) is 37.8 Å². The van der Waals surface area contributed by atoms with E-state index in [1.54, 1.807) is 14.0 Å². The van der Waals surface area contributed by atoms with Gasteiger partial charge in [-0.25, -0.2) is 9.78 Å². The van der Waals surface area contributed by atoms with Crippen LogP contribution in [0.4, 0.5) is 5.82 Å². The van der Waals surface area contributed by atoms with Gasteiger partial charge in [-0.2, -0.15) is 5.10 Å². The van der Waals surface area contributed by atoms with Crippen molar-refractivity contribution in [2.75, 3.05) is 11.9 Å². The number of hydrogen-bond acceptors (Lipinski definition) is 7. The molecule has 3 heterocycles. The number of rotatable bonds is 7. The van der Waals surface area contributed by atoms with E-state index in [1.165, 1.54) is 38.7 Å². The molecule has 0 aliphatic carbocycles. The Morgan fingerprint density at radius 1 is 1.17 bits per heavy atom. The van der Waals surface area contributed by atoms with E-state index in [0.717, 1.165) is 21.6 Å². The molecule has 0 aliphatic heterocycles. The molecule has 0 bridgehead atoms. The van der Waals surface area contributed by atoms with Gasteiger partial charge >= 0.3 is 5.97 Å². The van der Waals surface area contributed by atoms with Gasteiger partial charge in [-0.05, 0) is 50.8 Å². The van der Waals surface area contributed by atoms with Crippen LogP contribution in [0.1, 0.15) is 52.7 Å². The summed E-state index contributed by atoms with van der Waals surface area (Å²) in [5.41, 5.74) is 3.96. The highest BCUT2D eigenvalue weighted by Crippen LogP contribution is 2.36. The van der Waals surface area contributed by atoms with Crippen LogP contribution in [0.5, 0.6) is 0 Å². The number of amides is 1. The Kier molecular flexibility index (Phi) is 7.07. The number of hydrogen-bond donors (Lipinski definition) is 1. The summed E-state index contributed by atoms with van der Waals surface area (Å²) in [4.78, 5) is 45.6. The van der Waals surface area contributed by atoms with Crippen molar-refractivity contribution in [2.24, 2.45) is 7.05 Å². The third-order valence-electron chi connectivity index (χ3n) is 6.31. The third-order valence-corrected chi connectivity index (χ3v) is 7.32. The van der Waals surface area contributed by atoms with Crippen molar-refractivity contribution in [2.45, 2.75) is 47.1 Å². The van der Waals surface area contributed by atoms with Gasteiger partial charge in [0.1, 0.15) is 22.3 Å². The smallest absolute Gasteiger partial charge is 0.343 e. The van der Waals surface area contributed by atoms with E-state index in [9.17, 15) is 14.4 Å². The Balaban J connectivity index is 1.77. The third kappa shape index (κ3) is 4.44. The average Bonchev–Trinajstić information content (AvgIpc) is 3.37. The Labute approximate surface area is 212 Å². The molecule has 1 N–H and O–H groups in total. The van der Waals surface area contributed by atoms with Crippen LogP contribution < -0.4 is 10.9 Å². The Hall–Kier alpha value is -3.79. The van der Waals surface area contributed by atoms with Crippen molar-refractivity contribution in [3.05, 3.63) is 62.6 Å². The summed E-state index contributed by atoms with van der Waals surface area (Å²) in [5, 5.41) is 7.34. The van der Waals surface area contributed by atoms with Gasteiger partial charge in [0.2, 0.25) is 5.91 Å². The van der Waals surface area contributed by atoms with Crippen LogP contribution in [0, 0.1) is 20.8 Å². The highest BCUT2D eigenvalue weighted by Gasteiger charge is 2.27. The van der Waals surface area contributed by atoms with Gasteiger partial charge in [-0.1, -0.05) is 25.1 Å². The van der Waals surface area contributed by atoms with Crippen LogP contribution in [-0.2, 0) is 16.6 Å². The lowest BCUT2D eigenvalue weighted by Crippen LogP contribution is -2.34. The van der Waals surface area contributed by atoms with Gasteiger partial charge in [0.15, 0.2) is 0 Å². The van der Waals surface area contributed by atoms with E-state index >= 15 is 0 Å². The van der Waals surface area contributed by atoms with Crippen molar-refractivity contribution in [1.82, 2.24) is 19.3 Å². The molecule has 0 radical (unpaired) electrons. The lowest BCUT2D eigenvalue weighted by molar-refractivity contribution is -0.119. The highest BCUT2D eigenvalue weighted by molar-refractivity contribution is 7.19. The minimum Gasteiger partial charge on any atom is -0.462 e. The summed E-state index contributed by atoms with van der Waals surface area (Å²) < 4.78 is 7.83. The van der Waals surface area contributed by atoms with Crippen molar-refractivity contribution in [3.8, 4) is 11.1 Å². The number of carbonyl (C=O) groups excluding carboxylic acids is 2. The molecule has 0 saturated carbocycles. The molecule has 0 fully saturated rings. The number of fused-ring (bicyclic) bond motifs is 1. The first-order valence-electron chi connectivity index (χ1n) is 11.8. The van der Waals surface area contributed by atoms with Crippen molar-refractivity contribution >= 4 is 39.2 Å². The lowest BCUT2D eigenvalue weighted by atomic mass is 9.99. The molecule has 188 valence electrons. The number of aryl methyl sites for hydroxylation is 4. The van der Waals surface area contributed by atoms with E-state index in [2.05, 4.69) is 21.5 Å². The number of ether oxygens (including phenoxy) is 1. The fraction of sp³-hybridized carbons (Fsp3) is 0.346. The second kappa shape index (κ2) is 10.1.